The number of hydrogen-bond acceptors (Lipinski definition) is 4. The van der Waals surface area contributed by atoms with Gasteiger partial charge in [-0.25, -0.2) is 0 Å². The predicted molar refractivity (Wildman–Crippen MR) is 88.9 cm³/mol. The number of ether oxygens (including phenoxy) is 2. The Balaban J connectivity index is 2.10. The summed E-state index contributed by atoms with van der Waals surface area (Å²) in [5, 5.41) is 9.70. The smallest absolute Gasteiger partial charge is 0.227 e. The minimum Gasteiger partial charge on any atom is -0.497 e. The van der Waals surface area contributed by atoms with E-state index in [1.54, 1.807) is 20.3 Å². The molecular formula is C18H27NO4. The molecule has 128 valence electrons. The van der Waals surface area contributed by atoms with Crippen LogP contribution in [0.3, 0.4) is 0 Å². The summed E-state index contributed by atoms with van der Waals surface area (Å²) in [7, 11) is 3.20. The Labute approximate surface area is 138 Å². The molecule has 1 N–H and O–H groups in total. The van der Waals surface area contributed by atoms with Crippen LogP contribution < -0.4 is 9.47 Å². The number of aliphatic hydroxyl groups excluding tert-OH is 1. The van der Waals surface area contributed by atoms with Gasteiger partial charge in [0.15, 0.2) is 0 Å². The highest BCUT2D eigenvalue weighted by Gasteiger charge is 2.35. The summed E-state index contributed by atoms with van der Waals surface area (Å²) in [6.07, 6.45) is 3.12. The van der Waals surface area contributed by atoms with Gasteiger partial charge >= 0.3 is 0 Å². The van der Waals surface area contributed by atoms with Gasteiger partial charge in [-0.15, -0.1) is 0 Å². The Bertz CT molecular complexity index is 540. The highest BCUT2D eigenvalue weighted by molar-refractivity contribution is 5.79. The average Bonchev–Trinajstić information content (AvgIpc) is 2.61. The van der Waals surface area contributed by atoms with E-state index >= 15 is 0 Å². The van der Waals surface area contributed by atoms with E-state index in [9.17, 15) is 9.90 Å². The number of hydrogen-bond donors (Lipinski definition) is 1. The SMILES string of the molecule is CCC1(CO)CCCN(C(=O)Cc2ccc(OC)cc2OC)C1. The van der Waals surface area contributed by atoms with E-state index in [4.69, 9.17) is 9.47 Å². The van der Waals surface area contributed by atoms with Crippen molar-refractivity contribution in [2.75, 3.05) is 33.9 Å². The Morgan fingerprint density at radius 1 is 1.35 bits per heavy atom. The van der Waals surface area contributed by atoms with E-state index in [-0.39, 0.29) is 17.9 Å². The first-order valence-corrected chi connectivity index (χ1v) is 8.17. The van der Waals surface area contributed by atoms with Crippen LogP contribution in [0.15, 0.2) is 18.2 Å². The molecule has 1 amide bonds. The zero-order valence-corrected chi connectivity index (χ0v) is 14.3. The summed E-state index contributed by atoms with van der Waals surface area (Å²) < 4.78 is 10.6. The number of benzene rings is 1. The van der Waals surface area contributed by atoms with E-state index in [1.165, 1.54) is 0 Å². The van der Waals surface area contributed by atoms with Crippen molar-refractivity contribution in [3.05, 3.63) is 23.8 Å². The summed E-state index contributed by atoms with van der Waals surface area (Å²) in [6, 6.07) is 5.51. The molecule has 0 bridgehead atoms. The Hall–Kier alpha value is -1.75. The van der Waals surface area contributed by atoms with Gasteiger partial charge in [-0.2, -0.15) is 0 Å². The summed E-state index contributed by atoms with van der Waals surface area (Å²) in [5.41, 5.74) is 0.715. The largest absolute Gasteiger partial charge is 0.497 e. The van der Waals surface area contributed by atoms with Crippen molar-refractivity contribution in [3.8, 4) is 11.5 Å². The van der Waals surface area contributed by atoms with Crippen LogP contribution >= 0.6 is 0 Å². The van der Waals surface area contributed by atoms with Crippen LogP contribution in [0.1, 0.15) is 31.7 Å². The molecule has 0 aromatic heterocycles. The maximum Gasteiger partial charge on any atom is 0.227 e. The molecule has 1 saturated heterocycles. The number of carbonyl (C=O) groups is 1. The van der Waals surface area contributed by atoms with Crippen LogP contribution in [0.25, 0.3) is 0 Å². The molecule has 0 radical (unpaired) electrons. The maximum atomic E-state index is 12.7. The van der Waals surface area contributed by atoms with Crippen LogP contribution in [-0.4, -0.2) is 49.8 Å². The molecule has 1 aromatic carbocycles. The fraction of sp³-hybridized carbons (Fsp3) is 0.611. The van der Waals surface area contributed by atoms with E-state index in [1.807, 2.05) is 17.0 Å². The molecule has 1 aliphatic rings. The second-order valence-corrected chi connectivity index (χ2v) is 6.29. The van der Waals surface area contributed by atoms with E-state index in [0.29, 0.717) is 24.5 Å². The molecule has 0 aliphatic carbocycles. The van der Waals surface area contributed by atoms with Gasteiger partial charge in [0.25, 0.3) is 0 Å². The first kappa shape index (κ1) is 17.6. The zero-order valence-electron chi connectivity index (χ0n) is 14.3. The van der Waals surface area contributed by atoms with Gasteiger partial charge in [-0.3, -0.25) is 4.79 Å². The number of piperidine rings is 1. The minimum atomic E-state index is -0.141. The minimum absolute atomic E-state index is 0.0828. The van der Waals surface area contributed by atoms with Crippen molar-refractivity contribution in [2.24, 2.45) is 5.41 Å². The van der Waals surface area contributed by atoms with Crippen LogP contribution in [0, 0.1) is 5.41 Å². The monoisotopic (exact) mass is 321 g/mol. The number of carbonyl (C=O) groups excluding carboxylic acids is 1. The molecule has 1 heterocycles. The zero-order chi connectivity index (χ0) is 16.9. The fourth-order valence-electron chi connectivity index (χ4n) is 3.22. The van der Waals surface area contributed by atoms with Gasteiger partial charge < -0.3 is 19.5 Å². The summed E-state index contributed by atoms with van der Waals surface area (Å²) in [4.78, 5) is 14.5. The number of rotatable bonds is 6. The average molecular weight is 321 g/mol. The van der Waals surface area contributed by atoms with Gasteiger partial charge in [-0.05, 0) is 25.3 Å². The third-order valence-electron chi connectivity index (χ3n) is 4.94. The number of amides is 1. The van der Waals surface area contributed by atoms with Crippen molar-refractivity contribution in [1.29, 1.82) is 0 Å². The van der Waals surface area contributed by atoms with Crippen molar-refractivity contribution in [3.63, 3.8) is 0 Å². The summed E-state index contributed by atoms with van der Waals surface area (Å²) >= 11 is 0. The van der Waals surface area contributed by atoms with Gasteiger partial charge in [0.05, 0.1) is 27.2 Å². The number of aliphatic hydroxyl groups is 1. The molecule has 1 fully saturated rings. The molecule has 1 aliphatic heterocycles. The first-order valence-electron chi connectivity index (χ1n) is 8.17. The first-order chi connectivity index (χ1) is 11.1. The van der Waals surface area contributed by atoms with Crippen molar-refractivity contribution >= 4 is 5.91 Å². The number of methoxy groups -OCH3 is 2. The maximum absolute atomic E-state index is 12.7. The molecule has 1 atom stereocenters. The number of nitrogens with zero attached hydrogens (tertiary/aromatic N) is 1. The third kappa shape index (κ3) is 3.96. The van der Waals surface area contributed by atoms with Crippen molar-refractivity contribution in [1.82, 2.24) is 4.90 Å². The third-order valence-corrected chi connectivity index (χ3v) is 4.94. The molecule has 2 rings (SSSR count). The lowest BCUT2D eigenvalue weighted by atomic mass is 9.78. The van der Waals surface area contributed by atoms with Crippen LogP contribution in [-0.2, 0) is 11.2 Å². The van der Waals surface area contributed by atoms with Gasteiger partial charge in [0, 0.05) is 30.1 Å². The molecule has 23 heavy (non-hydrogen) atoms. The fourth-order valence-corrected chi connectivity index (χ4v) is 3.22. The van der Waals surface area contributed by atoms with Gasteiger partial charge in [-0.1, -0.05) is 13.0 Å². The predicted octanol–water partition coefficient (Wildman–Crippen LogP) is 2.26. The molecule has 5 nitrogen and oxygen atoms in total. The molecular weight excluding hydrogens is 294 g/mol. The van der Waals surface area contributed by atoms with E-state index < -0.39 is 0 Å². The Morgan fingerprint density at radius 3 is 2.74 bits per heavy atom. The van der Waals surface area contributed by atoms with Crippen molar-refractivity contribution in [2.45, 2.75) is 32.6 Å². The highest BCUT2D eigenvalue weighted by atomic mass is 16.5. The van der Waals surface area contributed by atoms with E-state index in [2.05, 4.69) is 6.92 Å². The molecule has 1 aromatic rings. The second-order valence-electron chi connectivity index (χ2n) is 6.29. The molecule has 0 saturated carbocycles. The van der Waals surface area contributed by atoms with Crippen LogP contribution in [0.4, 0.5) is 0 Å². The molecule has 1 unspecified atom stereocenters. The second kappa shape index (κ2) is 7.68. The Morgan fingerprint density at radius 2 is 2.13 bits per heavy atom. The summed E-state index contributed by atoms with van der Waals surface area (Å²) in [6.45, 7) is 3.62. The quantitative estimate of drug-likeness (QED) is 0.873. The molecule has 5 heteroatoms. The van der Waals surface area contributed by atoms with Crippen molar-refractivity contribution < 1.29 is 19.4 Å². The highest BCUT2D eigenvalue weighted by Crippen LogP contribution is 2.33. The lowest BCUT2D eigenvalue weighted by Gasteiger charge is -2.41. The Kier molecular flexibility index (Phi) is 5.88. The van der Waals surface area contributed by atoms with Crippen LogP contribution in [0.5, 0.6) is 11.5 Å². The van der Waals surface area contributed by atoms with E-state index in [0.717, 1.165) is 31.4 Å². The number of likely N-dealkylation sites (tertiary alicyclic amines) is 1. The standard InChI is InChI=1S/C18H27NO4/c1-4-18(13-20)8-5-9-19(12-18)17(21)10-14-6-7-15(22-2)11-16(14)23-3/h6-7,11,20H,4-5,8-10,12-13H2,1-3H3. The topological polar surface area (TPSA) is 59.0 Å². The van der Waals surface area contributed by atoms with Gasteiger partial charge in [0.2, 0.25) is 5.91 Å². The normalized spacial score (nSPS) is 21.1. The molecule has 0 spiro atoms. The lowest BCUT2D eigenvalue weighted by molar-refractivity contribution is -0.134. The lowest BCUT2D eigenvalue weighted by Crippen LogP contribution is -2.48. The van der Waals surface area contributed by atoms with Gasteiger partial charge in [0.1, 0.15) is 11.5 Å². The summed E-state index contributed by atoms with van der Waals surface area (Å²) in [5.74, 6) is 1.46. The van der Waals surface area contributed by atoms with Crippen LogP contribution in [0.2, 0.25) is 0 Å².